The van der Waals surface area contributed by atoms with Gasteiger partial charge in [-0.05, 0) is 24.4 Å². The summed E-state index contributed by atoms with van der Waals surface area (Å²) in [5.41, 5.74) is 1.04. The van der Waals surface area contributed by atoms with Gasteiger partial charge in [-0.15, -0.1) is 11.3 Å². The molecule has 1 aromatic heterocycles. The number of thiazole rings is 1. The van der Waals surface area contributed by atoms with Gasteiger partial charge in [-0.2, -0.15) is 0 Å². The zero-order valence-electron chi connectivity index (χ0n) is 5.89. The second-order valence-corrected chi connectivity index (χ2v) is 4.34. The van der Waals surface area contributed by atoms with Crippen LogP contribution in [0.25, 0.3) is 6.08 Å². The molecule has 0 aromatic carbocycles. The van der Waals surface area contributed by atoms with Crippen LogP contribution in [-0.4, -0.2) is 4.98 Å². The summed E-state index contributed by atoms with van der Waals surface area (Å²) in [4.78, 5) is 4.26. The molecule has 1 nitrogen and oxygen atoms in total. The summed E-state index contributed by atoms with van der Waals surface area (Å²) in [5, 5.41) is 3.15. The van der Waals surface area contributed by atoms with E-state index < -0.39 is 0 Å². The summed E-state index contributed by atoms with van der Waals surface area (Å²) in [6.07, 6.45) is 2.00. The molecule has 1 aromatic rings. The van der Waals surface area contributed by atoms with Crippen molar-refractivity contribution in [3.05, 3.63) is 20.6 Å². The molecular weight excluding hydrogens is 210 g/mol. The second kappa shape index (κ2) is 3.30. The molecule has 0 N–H and O–H groups in total. The minimum absolute atomic E-state index is 1.04. The van der Waals surface area contributed by atoms with Gasteiger partial charge in [-0.1, -0.05) is 15.9 Å². The molecule has 0 aliphatic rings. The first-order valence-corrected chi connectivity index (χ1v) is 4.61. The van der Waals surface area contributed by atoms with Crippen LogP contribution in [0.15, 0.2) is 9.86 Å². The lowest BCUT2D eigenvalue weighted by molar-refractivity contribution is 1.27. The van der Waals surface area contributed by atoms with Crippen LogP contribution < -0.4 is 0 Å². The zero-order chi connectivity index (χ0) is 7.56. The molecule has 0 fully saturated rings. The molecule has 0 bridgehead atoms. The van der Waals surface area contributed by atoms with Crippen LogP contribution in [0.3, 0.4) is 0 Å². The maximum atomic E-state index is 4.26. The van der Waals surface area contributed by atoms with Gasteiger partial charge in [0.2, 0.25) is 0 Å². The van der Waals surface area contributed by atoms with E-state index in [2.05, 4.69) is 20.9 Å². The second-order valence-electron chi connectivity index (χ2n) is 2.02. The highest BCUT2D eigenvalue weighted by molar-refractivity contribution is 9.11. The van der Waals surface area contributed by atoms with E-state index in [0.29, 0.717) is 0 Å². The lowest BCUT2D eigenvalue weighted by Crippen LogP contribution is -1.71. The van der Waals surface area contributed by atoms with Gasteiger partial charge in [0.05, 0.1) is 10.7 Å². The van der Waals surface area contributed by atoms with Crippen LogP contribution in [0.4, 0.5) is 0 Å². The Hall–Kier alpha value is -0.150. The van der Waals surface area contributed by atoms with E-state index in [0.717, 1.165) is 15.2 Å². The molecule has 54 valence electrons. The largest absolute Gasteiger partial charge is 0.242 e. The number of hydrogen-bond acceptors (Lipinski definition) is 2. The third kappa shape index (κ3) is 2.23. The summed E-state index contributed by atoms with van der Waals surface area (Å²) in [7, 11) is 0. The number of halogens is 1. The molecule has 1 heterocycles. The molecule has 10 heavy (non-hydrogen) atoms. The maximum Gasteiger partial charge on any atom is 0.0901 e. The topological polar surface area (TPSA) is 12.9 Å². The molecule has 0 atom stereocenters. The average molecular weight is 218 g/mol. The van der Waals surface area contributed by atoms with E-state index in [1.807, 2.05) is 25.3 Å². The minimum Gasteiger partial charge on any atom is -0.242 e. The van der Waals surface area contributed by atoms with Crippen molar-refractivity contribution in [2.24, 2.45) is 0 Å². The van der Waals surface area contributed by atoms with Crippen LogP contribution >= 0.6 is 27.3 Å². The number of hydrogen-bond donors (Lipinski definition) is 0. The Kier molecular flexibility index (Phi) is 2.63. The van der Waals surface area contributed by atoms with Gasteiger partial charge in [0, 0.05) is 5.38 Å². The molecule has 0 aliphatic heterocycles. The highest BCUT2D eigenvalue weighted by Crippen LogP contribution is 2.13. The molecule has 0 saturated carbocycles. The van der Waals surface area contributed by atoms with Crippen molar-refractivity contribution in [3.63, 3.8) is 0 Å². The van der Waals surface area contributed by atoms with Gasteiger partial charge < -0.3 is 0 Å². The van der Waals surface area contributed by atoms with Crippen LogP contribution in [0.2, 0.25) is 0 Å². The molecular formula is C7H8BrNS. The van der Waals surface area contributed by atoms with E-state index in [1.165, 1.54) is 0 Å². The molecule has 0 unspecified atom stereocenters. The van der Waals surface area contributed by atoms with Gasteiger partial charge in [0.1, 0.15) is 0 Å². The smallest absolute Gasteiger partial charge is 0.0901 e. The number of aryl methyl sites for hydroxylation is 1. The van der Waals surface area contributed by atoms with Crippen molar-refractivity contribution < 1.29 is 0 Å². The number of nitrogens with zero attached hydrogens (tertiary/aromatic N) is 1. The van der Waals surface area contributed by atoms with E-state index in [1.54, 1.807) is 11.3 Å². The standard InChI is InChI=1S/C7H8BrNS/c1-5(8)3-7-4-10-6(2)9-7/h3-4H,1-2H3/b5-3-. The van der Waals surface area contributed by atoms with Crippen molar-refractivity contribution in [2.45, 2.75) is 13.8 Å². The van der Waals surface area contributed by atoms with Crippen molar-refractivity contribution in [3.8, 4) is 0 Å². The normalized spacial score (nSPS) is 12.1. The van der Waals surface area contributed by atoms with Gasteiger partial charge in [-0.3, -0.25) is 0 Å². The summed E-state index contributed by atoms with van der Waals surface area (Å²) < 4.78 is 1.11. The predicted octanol–water partition coefficient (Wildman–Crippen LogP) is 3.21. The number of rotatable bonds is 1. The first-order valence-electron chi connectivity index (χ1n) is 2.94. The van der Waals surface area contributed by atoms with Crippen molar-refractivity contribution >= 4 is 33.3 Å². The summed E-state index contributed by atoms with van der Waals surface area (Å²) in [6.45, 7) is 4.00. The summed E-state index contributed by atoms with van der Waals surface area (Å²) in [6, 6.07) is 0. The first kappa shape index (κ1) is 7.95. The van der Waals surface area contributed by atoms with E-state index in [-0.39, 0.29) is 0 Å². The molecule has 0 spiro atoms. The van der Waals surface area contributed by atoms with Crippen molar-refractivity contribution in [2.75, 3.05) is 0 Å². The Balaban J connectivity index is 2.86. The molecule has 0 amide bonds. The fourth-order valence-corrected chi connectivity index (χ4v) is 1.45. The molecule has 1 rings (SSSR count). The van der Waals surface area contributed by atoms with Crippen molar-refractivity contribution in [1.29, 1.82) is 0 Å². The van der Waals surface area contributed by atoms with Gasteiger partial charge in [0.25, 0.3) is 0 Å². The molecule has 0 saturated heterocycles. The molecule has 0 aliphatic carbocycles. The Morgan fingerprint density at radius 1 is 1.80 bits per heavy atom. The monoisotopic (exact) mass is 217 g/mol. The Morgan fingerprint density at radius 3 is 2.90 bits per heavy atom. The Labute approximate surface area is 72.9 Å². The zero-order valence-corrected chi connectivity index (χ0v) is 8.29. The third-order valence-corrected chi connectivity index (χ3v) is 2.00. The fourth-order valence-electron chi connectivity index (χ4n) is 0.650. The minimum atomic E-state index is 1.04. The van der Waals surface area contributed by atoms with E-state index in [4.69, 9.17) is 0 Å². The Morgan fingerprint density at radius 2 is 2.50 bits per heavy atom. The van der Waals surface area contributed by atoms with Gasteiger partial charge >= 0.3 is 0 Å². The highest BCUT2D eigenvalue weighted by Gasteiger charge is 1.92. The number of allylic oxidation sites excluding steroid dienone is 1. The maximum absolute atomic E-state index is 4.26. The predicted molar refractivity (Wildman–Crippen MR) is 49.4 cm³/mol. The van der Waals surface area contributed by atoms with E-state index >= 15 is 0 Å². The quantitative estimate of drug-likeness (QED) is 0.705. The van der Waals surface area contributed by atoms with Crippen LogP contribution in [0, 0.1) is 6.92 Å². The van der Waals surface area contributed by atoms with E-state index in [9.17, 15) is 0 Å². The van der Waals surface area contributed by atoms with Gasteiger partial charge in [-0.25, -0.2) is 4.98 Å². The first-order chi connectivity index (χ1) is 4.68. The molecule has 3 heteroatoms. The van der Waals surface area contributed by atoms with Crippen LogP contribution in [0.1, 0.15) is 17.6 Å². The summed E-state index contributed by atoms with van der Waals surface area (Å²) >= 11 is 5.02. The molecule has 0 radical (unpaired) electrons. The SMILES string of the molecule is C/C(Br)=C/c1csc(C)n1. The van der Waals surface area contributed by atoms with Crippen LogP contribution in [-0.2, 0) is 0 Å². The lowest BCUT2D eigenvalue weighted by Gasteiger charge is -1.82. The summed E-state index contributed by atoms with van der Waals surface area (Å²) in [5.74, 6) is 0. The fraction of sp³-hybridized carbons (Fsp3) is 0.286. The van der Waals surface area contributed by atoms with Crippen LogP contribution in [0.5, 0.6) is 0 Å². The number of aromatic nitrogens is 1. The average Bonchev–Trinajstić information content (AvgIpc) is 2.13. The third-order valence-electron chi connectivity index (χ3n) is 0.984. The Bertz CT molecular complexity index is 248. The lowest BCUT2D eigenvalue weighted by atomic mass is 10.4. The highest BCUT2D eigenvalue weighted by atomic mass is 79.9. The van der Waals surface area contributed by atoms with Crippen molar-refractivity contribution in [1.82, 2.24) is 4.98 Å². The van der Waals surface area contributed by atoms with Gasteiger partial charge in [0.15, 0.2) is 0 Å².